The second kappa shape index (κ2) is 7.14. The van der Waals surface area contributed by atoms with E-state index in [4.69, 9.17) is 4.74 Å². The topological polar surface area (TPSA) is 22.1 Å². The fraction of sp³-hybridized carbons (Fsp3) is 0.438. The molecule has 0 saturated heterocycles. The predicted molar refractivity (Wildman–Crippen MR) is 89.3 cm³/mol. The van der Waals surface area contributed by atoms with Crippen LogP contribution in [0.2, 0.25) is 0 Å². The highest BCUT2D eigenvalue weighted by molar-refractivity contribution is 7.79. The van der Waals surface area contributed by atoms with Crippen molar-refractivity contribution >= 4 is 24.0 Å². The van der Waals surface area contributed by atoms with Crippen LogP contribution in [0.1, 0.15) is 33.6 Å². The van der Waals surface area contributed by atoms with Gasteiger partial charge < -0.3 is 4.74 Å². The number of benzene rings is 1. The number of nitrogens with zero attached hydrogens (tertiary/aromatic N) is 1. The minimum Gasteiger partial charge on any atom is -0.493 e. The van der Waals surface area contributed by atoms with Gasteiger partial charge in [0.15, 0.2) is 0 Å². The van der Waals surface area contributed by atoms with Crippen molar-refractivity contribution in [2.24, 2.45) is 0 Å². The maximum absolute atomic E-state index is 5.94. The Kier molecular flexibility index (Phi) is 5.49. The van der Waals surface area contributed by atoms with Crippen LogP contribution in [0.3, 0.4) is 0 Å². The molecular formula is C16H21NOS2. The van der Waals surface area contributed by atoms with E-state index in [0.717, 1.165) is 29.4 Å². The molecule has 0 unspecified atom stereocenters. The SMILES string of the molecule is CCc1nc(CCOc2c(C)cccc2C)sc1CS. The third-order valence-electron chi connectivity index (χ3n) is 3.27. The number of hydrogen-bond acceptors (Lipinski definition) is 4. The monoisotopic (exact) mass is 307 g/mol. The molecule has 4 heteroatoms. The molecule has 20 heavy (non-hydrogen) atoms. The first-order valence-corrected chi connectivity index (χ1v) is 8.38. The minimum absolute atomic E-state index is 0.675. The molecule has 0 atom stereocenters. The van der Waals surface area contributed by atoms with Gasteiger partial charge in [-0.15, -0.1) is 11.3 Å². The largest absolute Gasteiger partial charge is 0.493 e. The summed E-state index contributed by atoms with van der Waals surface area (Å²) in [5.74, 6) is 1.78. The van der Waals surface area contributed by atoms with Crippen LogP contribution in [-0.2, 0) is 18.6 Å². The van der Waals surface area contributed by atoms with Gasteiger partial charge in [-0.1, -0.05) is 25.1 Å². The maximum atomic E-state index is 5.94. The van der Waals surface area contributed by atoms with Gasteiger partial charge in [0.1, 0.15) is 5.75 Å². The molecule has 2 nitrogen and oxygen atoms in total. The lowest BCUT2D eigenvalue weighted by molar-refractivity contribution is 0.317. The molecule has 2 rings (SSSR count). The third kappa shape index (κ3) is 3.55. The molecule has 0 aliphatic rings. The van der Waals surface area contributed by atoms with Gasteiger partial charge in [0.05, 0.1) is 17.3 Å². The first kappa shape index (κ1) is 15.4. The van der Waals surface area contributed by atoms with Gasteiger partial charge in [-0.3, -0.25) is 0 Å². The number of aromatic nitrogens is 1. The lowest BCUT2D eigenvalue weighted by Gasteiger charge is -2.10. The molecule has 0 radical (unpaired) electrons. The summed E-state index contributed by atoms with van der Waals surface area (Å²) in [6.45, 7) is 6.98. The number of thiazole rings is 1. The molecule has 0 aliphatic carbocycles. The van der Waals surface area contributed by atoms with Crippen LogP contribution < -0.4 is 4.74 Å². The average Bonchev–Trinajstić information content (AvgIpc) is 2.84. The standard InChI is InChI=1S/C16H21NOS2/c1-4-13-14(10-19)20-15(17-13)8-9-18-16-11(2)6-5-7-12(16)3/h5-7,19H,4,8-10H2,1-3H3. The Morgan fingerprint density at radius 3 is 2.50 bits per heavy atom. The summed E-state index contributed by atoms with van der Waals surface area (Å²) >= 11 is 6.12. The fourth-order valence-corrected chi connectivity index (χ4v) is 3.58. The number of thiol groups is 1. The zero-order chi connectivity index (χ0) is 14.5. The number of ether oxygens (including phenoxy) is 1. The summed E-state index contributed by atoms with van der Waals surface area (Å²) in [4.78, 5) is 5.95. The number of aryl methyl sites for hydroxylation is 3. The molecule has 1 heterocycles. The summed E-state index contributed by atoms with van der Waals surface area (Å²) < 4.78 is 5.94. The molecular weight excluding hydrogens is 286 g/mol. The van der Waals surface area contributed by atoms with E-state index in [2.05, 4.69) is 56.6 Å². The predicted octanol–water partition coefficient (Wildman–Crippen LogP) is 4.37. The van der Waals surface area contributed by atoms with E-state index in [1.807, 2.05) is 0 Å². The summed E-state index contributed by atoms with van der Waals surface area (Å²) in [5, 5.41) is 1.15. The minimum atomic E-state index is 0.675. The van der Waals surface area contributed by atoms with Gasteiger partial charge in [-0.05, 0) is 31.4 Å². The van der Waals surface area contributed by atoms with Crippen LogP contribution in [-0.4, -0.2) is 11.6 Å². The van der Waals surface area contributed by atoms with E-state index < -0.39 is 0 Å². The van der Waals surface area contributed by atoms with Crippen molar-refractivity contribution in [1.82, 2.24) is 4.98 Å². The molecule has 0 bridgehead atoms. The van der Waals surface area contributed by atoms with Crippen molar-refractivity contribution in [2.75, 3.05) is 6.61 Å². The smallest absolute Gasteiger partial charge is 0.125 e. The molecule has 1 aromatic carbocycles. The molecule has 0 spiro atoms. The lowest BCUT2D eigenvalue weighted by atomic mass is 10.1. The molecule has 0 saturated carbocycles. The van der Waals surface area contributed by atoms with Crippen LogP contribution in [0.25, 0.3) is 0 Å². The van der Waals surface area contributed by atoms with Crippen LogP contribution >= 0.6 is 24.0 Å². The molecule has 0 N–H and O–H groups in total. The Morgan fingerprint density at radius 2 is 1.95 bits per heavy atom. The molecule has 108 valence electrons. The van der Waals surface area contributed by atoms with Crippen molar-refractivity contribution in [3.8, 4) is 5.75 Å². The normalized spacial score (nSPS) is 10.8. The maximum Gasteiger partial charge on any atom is 0.125 e. The van der Waals surface area contributed by atoms with Crippen molar-refractivity contribution in [1.29, 1.82) is 0 Å². The first-order chi connectivity index (χ1) is 9.65. The fourth-order valence-electron chi connectivity index (χ4n) is 2.21. The van der Waals surface area contributed by atoms with Crippen molar-refractivity contribution in [2.45, 2.75) is 39.4 Å². The van der Waals surface area contributed by atoms with Crippen molar-refractivity contribution in [3.05, 3.63) is 44.9 Å². The Bertz CT molecular complexity index is 536. The molecule has 0 fully saturated rings. The zero-order valence-electron chi connectivity index (χ0n) is 12.3. The van der Waals surface area contributed by atoms with Gasteiger partial charge in [0.2, 0.25) is 0 Å². The Labute approximate surface area is 130 Å². The Balaban J connectivity index is 1.98. The van der Waals surface area contributed by atoms with Crippen molar-refractivity contribution in [3.63, 3.8) is 0 Å². The Hall–Kier alpha value is -1.00. The molecule has 2 aromatic rings. The highest BCUT2D eigenvalue weighted by atomic mass is 32.1. The summed E-state index contributed by atoms with van der Waals surface area (Å²) in [6, 6.07) is 6.23. The second-order valence-electron chi connectivity index (χ2n) is 4.81. The third-order valence-corrected chi connectivity index (χ3v) is 4.96. The number of rotatable bonds is 6. The van der Waals surface area contributed by atoms with E-state index in [-0.39, 0.29) is 0 Å². The highest BCUT2D eigenvalue weighted by Crippen LogP contribution is 2.24. The van der Waals surface area contributed by atoms with Gasteiger partial charge >= 0.3 is 0 Å². The number of para-hydroxylation sites is 1. The Morgan fingerprint density at radius 1 is 1.25 bits per heavy atom. The van der Waals surface area contributed by atoms with Crippen LogP contribution in [0, 0.1) is 13.8 Å². The van der Waals surface area contributed by atoms with E-state index in [1.165, 1.54) is 21.7 Å². The highest BCUT2D eigenvalue weighted by Gasteiger charge is 2.09. The summed E-state index contributed by atoms with van der Waals surface area (Å²) in [7, 11) is 0. The summed E-state index contributed by atoms with van der Waals surface area (Å²) in [5.41, 5.74) is 3.57. The zero-order valence-corrected chi connectivity index (χ0v) is 14.0. The number of hydrogen-bond donors (Lipinski definition) is 1. The average molecular weight is 307 g/mol. The van der Waals surface area contributed by atoms with E-state index in [0.29, 0.717) is 6.61 Å². The van der Waals surface area contributed by atoms with Gasteiger partial charge in [-0.25, -0.2) is 4.98 Å². The van der Waals surface area contributed by atoms with Crippen LogP contribution in [0.15, 0.2) is 18.2 Å². The second-order valence-corrected chi connectivity index (χ2v) is 6.29. The van der Waals surface area contributed by atoms with Gasteiger partial charge in [-0.2, -0.15) is 12.6 Å². The van der Waals surface area contributed by atoms with E-state index in [1.54, 1.807) is 11.3 Å². The van der Waals surface area contributed by atoms with Crippen LogP contribution in [0.5, 0.6) is 5.75 Å². The first-order valence-electron chi connectivity index (χ1n) is 6.93. The molecule has 0 amide bonds. The molecule has 0 aliphatic heterocycles. The quantitative estimate of drug-likeness (QED) is 0.800. The van der Waals surface area contributed by atoms with E-state index in [9.17, 15) is 0 Å². The molecule has 1 aromatic heterocycles. The summed E-state index contributed by atoms with van der Waals surface area (Å²) in [6.07, 6.45) is 1.84. The van der Waals surface area contributed by atoms with Crippen LogP contribution in [0.4, 0.5) is 0 Å². The van der Waals surface area contributed by atoms with Gasteiger partial charge in [0.25, 0.3) is 0 Å². The van der Waals surface area contributed by atoms with Crippen molar-refractivity contribution < 1.29 is 4.74 Å². The van der Waals surface area contributed by atoms with Gasteiger partial charge in [0, 0.05) is 17.1 Å². The van der Waals surface area contributed by atoms with E-state index >= 15 is 0 Å². The lowest BCUT2D eigenvalue weighted by Crippen LogP contribution is -2.03.